The maximum Gasteiger partial charge on any atom is 0.293 e. The lowest BCUT2D eigenvalue weighted by Gasteiger charge is -2.12. The van der Waals surface area contributed by atoms with Crippen LogP contribution in [0, 0.1) is 10.1 Å². The maximum atomic E-state index is 12.8. The molecule has 0 unspecified atom stereocenters. The largest absolute Gasteiger partial charge is 0.508 e. The minimum Gasteiger partial charge on any atom is -0.508 e. The van der Waals surface area contributed by atoms with Crippen molar-refractivity contribution in [2.24, 2.45) is 0 Å². The fourth-order valence-electron chi connectivity index (χ4n) is 3.08. The van der Waals surface area contributed by atoms with Crippen LogP contribution >= 0.6 is 11.8 Å². The predicted molar refractivity (Wildman–Crippen MR) is 112 cm³/mol. The Bertz CT molecular complexity index is 1180. The Labute approximate surface area is 175 Å². The molecule has 30 heavy (non-hydrogen) atoms. The average Bonchev–Trinajstić information content (AvgIpc) is 3.29. The second kappa shape index (κ2) is 7.88. The third-order valence-corrected chi connectivity index (χ3v) is 5.43. The van der Waals surface area contributed by atoms with Gasteiger partial charge in [0.15, 0.2) is 0 Å². The number of hydrogen-bond acceptors (Lipinski definition) is 6. The number of aromatic hydroxyl groups is 1. The lowest BCUT2D eigenvalue weighted by Crippen LogP contribution is -2.27. The number of nitro groups is 1. The summed E-state index contributed by atoms with van der Waals surface area (Å²) in [6.07, 6.45) is 3.44. The average molecular weight is 421 g/mol. The number of rotatable bonds is 5. The molecular formula is C21H15N3O5S. The van der Waals surface area contributed by atoms with E-state index in [1.807, 2.05) is 16.8 Å². The molecule has 0 aliphatic carbocycles. The van der Waals surface area contributed by atoms with E-state index < -0.39 is 16.1 Å². The van der Waals surface area contributed by atoms with Crippen LogP contribution in [-0.2, 0) is 11.3 Å². The molecule has 0 atom stereocenters. The number of aromatic nitrogens is 1. The Kier molecular flexibility index (Phi) is 5.11. The topological polar surface area (TPSA) is 106 Å². The number of phenols is 1. The number of carbonyl (C=O) groups excluding carboxylic acids is 2. The first-order valence-electron chi connectivity index (χ1n) is 8.88. The van der Waals surface area contributed by atoms with E-state index in [1.165, 1.54) is 18.2 Å². The summed E-state index contributed by atoms with van der Waals surface area (Å²) in [5, 5.41) is 20.0. The van der Waals surface area contributed by atoms with Crippen molar-refractivity contribution in [2.45, 2.75) is 6.54 Å². The van der Waals surface area contributed by atoms with Crippen molar-refractivity contribution in [3.63, 3.8) is 0 Å². The quantitative estimate of drug-likeness (QED) is 0.373. The number of amides is 2. The molecule has 150 valence electrons. The molecule has 9 heteroatoms. The van der Waals surface area contributed by atoms with Gasteiger partial charge in [-0.15, -0.1) is 0 Å². The number of carbonyl (C=O) groups is 2. The van der Waals surface area contributed by atoms with Gasteiger partial charge in [-0.2, -0.15) is 0 Å². The SMILES string of the molecule is O=C1S/C(=C\c2cccn2-c2ccc(O)cc2)C(=O)N1Cc1cccc([N+](=O)[O-])c1. The molecule has 1 N–H and O–H groups in total. The number of thioether (sulfide) groups is 1. The molecule has 4 rings (SSSR count). The Balaban J connectivity index is 1.58. The van der Waals surface area contributed by atoms with E-state index in [4.69, 9.17) is 0 Å². The van der Waals surface area contributed by atoms with E-state index in [-0.39, 0.29) is 22.9 Å². The Hall–Kier alpha value is -3.85. The molecule has 0 bridgehead atoms. The van der Waals surface area contributed by atoms with Gasteiger partial charge in [-0.1, -0.05) is 12.1 Å². The molecule has 1 aliphatic heterocycles. The highest BCUT2D eigenvalue weighted by atomic mass is 32.2. The van der Waals surface area contributed by atoms with E-state index >= 15 is 0 Å². The number of non-ortho nitro benzene ring substituents is 1. The molecule has 3 aromatic rings. The van der Waals surface area contributed by atoms with Crippen LogP contribution in [0.5, 0.6) is 5.75 Å². The van der Waals surface area contributed by atoms with Crippen molar-refractivity contribution >= 4 is 34.7 Å². The fraction of sp³-hybridized carbons (Fsp3) is 0.0476. The number of phenolic OH excluding ortho intramolecular Hbond substituents is 1. The van der Waals surface area contributed by atoms with Crippen molar-refractivity contribution in [1.82, 2.24) is 9.47 Å². The molecular weight excluding hydrogens is 406 g/mol. The van der Waals surface area contributed by atoms with E-state index in [2.05, 4.69) is 0 Å². The summed E-state index contributed by atoms with van der Waals surface area (Å²) < 4.78 is 1.83. The minimum atomic E-state index is -0.519. The molecule has 2 amide bonds. The summed E-state index contributed by atoms with van der Waals surface area (Å²) in [7, 11) is 0. The number of nitrogens with zero attached hydrogens (tertiary/aromatic N) is 3. The van der Waals surface area contributed by atoms with Gasteiger partial charge in [-0.05, 0) is 59.8 Å². The Morgan fingerprint density at radius 1 is 1.07 bits per heavy atom. The highest BCUT2D eigenvalue weighted by Gasteiger charge is 2.35. The normalized spacial score (nSPS) is 15.2. The monoisotopic (exact) mass is 421 g/mol. The predicted octanol–water partition coefficient (Wildman–Crippen LogP) is 4.33. The first-order chi connectivity index (χ1) is 14.4. The summed E-state index contributed by atoms with van der Waals surface area (Å²) in [6, 6.07) is 16.1. The zero-order valence-corrected chi connectivity index (χ0v) is 16.3. The molecule has 8 nitrogen and oxygen atoms in total. The van der Waals surface area contributed by atoms with Crippen LogP contribution in [0.4, 0.5) is 10.5 Å². The van der Waals surface area contributed by atoms with Crippen molar-refractivity contribution in [2.75, 3.05) is 0 Å². The summed E-state index contributed by atoms with van der Waals surface area (Å²) in [4.78, 5) is 37.0. The smallest absolute Gasteiger partial charge is 0.293 e. The molecule has 1 saturated heterocycles. The molecule has 2 heterocycles. The zero-order valence-electron chi connectivity index (χ0n) is 15.5. The molecule has 2 aromatic carbocycles. The van der Waals surface area contributed by atoms with Crippen LogP contribution in [0.25, 0.3) is 11.8 Å². The first-order valence-corrected chi connectivity index (χ1v) is 9.69. The Morgan fingerprint density at radius 2 is 1.83 bits per heavy atom. The molecule has 0 saturated carbocycles. The van der Waals surface area contributed by atoms with Crippen LogP contribution in [0.1, 0.15) is 11.3 Å². The van der Waals surface area contributed by atoms with E-state index in [1.54, 1.807) is 42.5 Å². The molecule has 0 spiro atoms. The number of nitro benzene ring substituents is 1. The van der Waals surface area contributed by atoms with Gasteiger partial charge < -0.3 is 9.67 Å². The number of benzene rings is 2. The van der Waals surface area contributed by atoms with Crippen LogP contribution in [0.15, 0.2) is 71.8 Å². The van der Waals surface area contributed by atoms with Gasteiger partial charge in [-0.25, -0.2) is 0 Å². The van der Waals surface area contributed by atoms with Crippen molar-refractivity contribution in [3.05, 3.63) is 93.1 Å². The van der Waals surface area contributed by atoms with Gasteiger partial charge in [-0.3, -0.25) is 24.6 Å². The minimum absolute atomic E-state index is 0.0390. The van der Waals surface area contributed by atoms with Crippen molar-refractivity contribution < 1.29 is 19.6 Å². The number of hydrogen-bond donors (Lipinski definition) is 1. The second-order valence-electron chi connectivity index (χ2n) is 6.51. The molecule has 1 aromatic heterocycles. The van der Waals surface area contributed by atoms with Gasteiger partial charge in [0.05, 0.1) is 16.4 Å². The van der Waals surface area contributed by atoms with Crippen LogP contribution in [-0.4, -0.2) is 30.6 Å². The van der Waals surface area contributed by atoms with Gasteiger partial charge in [0.2, 0.25) is 0 Å². The van der Waals surface area contributed by atoms with Gasteiger partial charge >= 0.3 is 0 Å². The lowest BCUT2D eigenvalue weighted by atomic mass is 10.2. The Morgan fingerprint density at radius 3 is 2.57 bits per heavy atom. The molecule has 0 radical (unpaired) electrons. The maximum absolute atomic E-state index is 12.8. The highest BCUT2D eigenvalue weighted by Crippen LogP contribution is 2.34. The number of imide groups is 1. The van der Waals surface area contributed by atoms with Crippen LogP contribution in [0.2, 0.25) is 0 Å². The van der Waals surface area contributed by atoms with E-state index in [9.17, 15) is 24.8 Å². The van der Waals surface area contributed by atoms with Crippen molar-refractivity contribution in [3.8, 4) is 11.4 Å². The third-order valence-electron chi connectivity index (χ3n) is 4.52. The zero-order chi connectivity index (χ0) is 21.3. The second-order valence-corrected chi connectivity index (χ2v) is 7.51. The summed E-state index contributed by atoms with van der Waals surface area (Å²) >= 11 is 0.827. The van der Waals surface area contributed by atoms with Crippen LogP contribution in [0.3, 0.4) is 0 Å². The fourth-order valence-corrected chi connectivity index (χ4v) is 3.90. The van der Waals surface area contributed by atoms with Gasteiger partial charge in [0.25, 0.3) is 16.8 Å². The van der Waals surface area contributed by atoms with Crippen LogP contribution < -0.4 is 0 Å². The van der Waals surface area contributed by atoms with E-state index in [0.717, 1.165) is 22.3 Å². The summed E-state index contributed by atoms with van der Waals surface area (Å²) in [5.74, 6) is -0.301. The third kappa shape index (κ3) is 3.83. The molecule has 1 fully saturated rings. The van der Waals surface area contributed by atoms with Crippen molar-refractivity contribution in [1.29, 1.82) is 0 Å². The highest BCUT2D eigenvalue weighted by molar-refractivity contribution is 8.18. The van der Waals surface area contributed by atoms with Gasteiger partial charge in [0, 0.05) is 29.7 Å². The summed E-state index contributed by atoms with van der Waals surface area (Å²) in [5.41, 5.74) is 1.89. The summed E-state index contributed by atoms with van der Waals surface area (Å²) in [6.45, 7) is -0.0390. The van der Waals surface area contributed by atoms with E-state index in [0.29, 0.717) is 11.3 Å². The molecule has 1 aliphatic rings. The van der Waals surface area contributed by atoms with Gasteiger partial charge in [0.1, 0.15) is 5.75 Å². The standard InChI is InChI=1S/C21H15N3O5S/c25-18-8-6-15(7-9-18)22-10-2-5-16(22)12-19-20(26)23(21(27)30-19)13-14-3-1-4-17(11-14)24(28)29/h1-12,25H,13H2/b19-12-. The first kappa shape index (κ1) is 19.5. The lowest BCUT2D eigenvalue weighted by molar-refractivity contribution is -0.384.